The maximum Gasteiger partial charge on any atom is 2.00 e. The van der Waals surface area contributed by atoms with Crippen molar-refractivity contribution in [2.24, 2.45) is 0 Å². The zero-order chi connectivity index (χ0) is 12.1. The predicted octanol–water partition coefficient (Wildman–Crippen LogP) is 3.60. The minimum Gasteiger partial charge on any atom is -0.481 e. The first kappa shape index (κ1) is 18.5. The first-order valence-electron chi connectivity index (χ1n) is 3.77. The summed E-state index contributed by atoms with van der Waals surface area (Å²) >= 11 is 15.4. The number of carboxylic acid groups (broad SMARTS) is 1. The summed E-state index contributed by atoms with van der Waals surface area (Å²) in [6.07, 6.45) is 0. The van der Waals surface area contributed by atoms with Crippen LogP contribution in [0.25, 0.3) is 0 Å². The van der Waals surface area contributed by atoms with Crippen LogP contribution in [0.3, 0.4) is 0 Å². The van der Waals surface area contributed by atoms with Gasteiger partial charge in [0.25, 0.3) is 0 Å². The quantitative estimate of drug-likeness (QED) is 0.524. The van der Waals surface area contributed by atoms with E-state index in [0.717, 1.165) is 10.6 Å². The van der Waals surface area contributed by atoms with Crippen molar-refractivity contribution in [3.8, 4) is 0 Å². The second-order valence-electron chi connectivity index (χ2n) is 2.64. The van der Waals surface area contributed by atoms with E-state index in [9.17, 15) is 4.79 Å². The Morgan fingerprint density at radius 3 is 1.75 bits per heavy atom. The van der Waals surface area contributed by atoms with Gasteiger partial charge in [0, 0.05) is 5.02 Å². The monoisotopic (exact) mass is 450 g/mol. The predicted molar refractivity (Wildman–Crippen MR) is 63.3 cm³/mol. The van der Waals surface area contributed by atoms with Crippen LogP contribution in [0.15, 0.2) is 24.3 Å². The van der Waals surface area contributed by atoms with Crippen molar-refractivity contribution in [3.05, 3.63) is 48.7 Å². The molecule has 16 heavy (non-hydrogen) atoms. The SMILES string of the molecule is [CH2-]C(Cl)(Cl)C(=O)O.[CH2-]c1ccc(Cl)cc1.[W+2]. The van der Waals surface area contributed by atoms with Crippen molar-refractivity contribution in [2.45, 2.75) is 4.33 Å². The standard InChI is InChI=1S/C7H6Cl.C3H3Cl2O2.W/c1-6-2-4-7(8)5-3-6;1-3(4,5)2(6)7;/h2-5H,1H2;1H2,(H,6,7);/q2*-1;+2. The molecule has 6 heteroatoms. The largest absolute Gasteiger partial charge is 2.00 e. The van der Waals surface area contributed by atoms with E-state index in [1.807, 2.05) is 24.3 Å². The Labute approximate surface area is 124 Å². The molecule has 0 saturated carbocycles. The van der Waals surface area contributed by atoms with Gasteiger partial charge in [-0.25, -0.2) is 0 Å². The van der Waals surface area contributed by atoms with Crippen molar-refractivity contribution < 1.29 is 31.0 Å². The maximum absolute atomic E-state index is 9.69. The van der Waals surface area contributed by atoms with Crippen LogP contribution >= 0.6 is 34.8 Å². The summed E-state index contributed by atoms with van der Waals surface area (Å²) in [6, 6.07) is 7.40. The van der Waals surface area contributed by atoms with E-state index in [1.165, 1.54) is 0 Å². The number of hydrogen-bond donors (Lipinski definition) is 1. The normalized spacial score (nSPS) is 9.50. The third-order valence-electron chi connectivity index (χ3n) is 1.23. The third kappa shape index (κ3) is 9.35. The smallest absolute Gasteiger partial charge is 0.481 e. The Kier molecular flexibility index (Phi) is 9.52. The number of hydrogen-bond acceptors (Lipinski definition) is 1. The molecule has 0 saturated heterocycles. The van der Waals surface area contributed by atoms with Crippen LogP contribution in [-0.2, 0) is 25.9 Å². The zero-order valence-corrected chi connectivity index (χ0v) is 13.3. The molecule has 0 aliphatic heterocycles. The van der Waals surface area contributed by atoms with Gasteiger partial charge in [0.2, 0.25) is 0 Å². The van der Waals surface area contributed by atoms with Gasteiger partial charge in [-0.2, -0.15) is 24.6 Å². The molecule has 1 aromatic carbocycles. The number of halogens is 3. The van der Waals surface area contributed by atoms with E-state index >= 15 is 0 Å². The molecule has 0 atom stereocenters. The fraction of sp³-hybridized carbons (Fsp3) is 0.100. The number of rotatable bonds is 1. The summed E-state index contributed by atoms with van der Waals surface area (Å²) in [5.41, 5.74) is 0.995. The number of benzene rings is 1. The number of alkyl halides is 2. The molecule has 0 fully saturated rings. The molecule has 2 nitrogen and oxygen atoms in total. The van der Waals surface area contributed by atoms with Gasteiger partial charge in [-0.15, -0.1) is 23.2 Å². The fourth-order valence-corrected chi connectivity index (χ4v) is 0.610. The van der Waals surface area contributed by atoms with E-state index in [1.54, 1.807) is 0 Å². The third-order valence-corrected chi connectivity index (χ3v) is 1.80. The van der Waals surface area contributed by atoms with Gasteiger partial charge in [0.05, 0.1) is 4.33 Å². The molecule has 0 aromatic heterocycles. The van der Waals surface area contributed by atoms with Crippen molar-refractivity contribution in [3.63, 3.8) is 0 Å². The van der Waals surface area contributed by atoms with Crippen LogP contribution < -0.4 is 0 Å². The zero-order valence-electron chi connectivity index (χ0n) is 8.12. The van der Waals surface area contributed by atoms with Gasteiger partial charge in [-0.3, -0.25) is 11.7 Å². The Morgan fingerprint density at radius 2 is 1.56 bits per heavy atom. The first-order chi connectivity index (χ1) is 6.73. The van der Waals surface area contributed by atoms with E-state index in [4.69, 9.17) is 39.9 Å². The van der Waals surface area contributed by atoms with Gasteiger partial charge >= 0.3 is 27.0 Å². The number of aliphatic carboxylic acids is 1. The Morgan fingerprint density at radius 1 is 1.25 bits per heavy atom. The molecule has 0 aliphatic rings. The number of carbonyl (C=O) groups is 1. The summed E-state index contributed by atoms with van der Waals surface area (Å²) in [5, 5.41) is 8.69. The van der Waals surface area contributed by atoms with Gasteiger partial charge < -0.3 is 5.11 Å². The molecule has 1 rings (SSSR count). The van der Waals surface area contributed by atoms with Crippen molar-refractivity contribution in [2.75, 3.05) is 0 Å². The molecule has 0 radical (unpaired) electrons. The van der Waals surface area contributed by atoms with Crippen LogP contribution in [0.2, 0.25) is 5.02 Å². The van der Waals surface area contributed by atoms with Crippen molar-refractivity contribution >= 4 is 40.8 Å². The first-order valence-corrected chi connectivity index (χ1v) is 4.91. The van der Waals surface area contributed by atoms with Crippen LogP contribution in [0, 0.1) is 13.8 Å². The van der Waals surface area contributed by atoms with E-state index in [0.29, 0.717) is 0 Å². The van der Waals surface area contributed by atoms with Gasteiger partial charge in [0.1, 0.15) is 0 Å². The topological polar surface area (TPSA) is 37.3 Å². The molecule has 0 spiro atoms. The molecule has 88 valence electrons. The van der Waals surface area contributed by atoms with E-state index < -0.39 is 10.3 Å². The molecular formula is C10H9Cl3O2W. The minimum atomic E-state index is -1.89. The molecule has 0 aliphatic carbocycles. The van der Waals surface area contributed by atoms with Crippen LogP contribution in [0.4, 0.5) is 0 Å². The maximum atomic E-state index is 9.69. The molecule has 0 amide bonds. The molecule has 1 N–H and O–H groups in total. The second-order valence-corrected chi connectivity index (χ2v) is 4.56. The summed E-state index contributed by atoms with van der Waals surface area (Å²) in [4.78, 5) is 9.69. The molecule has 0 unspecified atom stereocenters. The molecule has 0 heterocycles. The van der Waals surface area contributed by atoms with Crippen LogP contribution in [-0.4, -0.2) is 15.4 Å². The summed E-state index contributed by atoms with van der Waals surface area (Å²) in [6.45, 7) is 6.60. The molecule has 1 aromatic rings. The van der Waals surface area contributed by atoms with Crippen molar-refractivity contribution in [1.82, 2.24) is 0 Å². The van der Waals surface area contributed by atoms with Crippen LogP contribution in [0.5, 0.6) is 0 Å². The molecular weight excluding hydrogens is 442 g/mol. The van der Waals surface area contributed by atoms with Crippen molar-refractivity contribution in [1.29, 1.82) is 0 Å². The minimum absolute atomic E-state index is 0. The fourth-order valence-electron chi connectivity index (χ4n) is 0.484. The summed E-state index contributed by atoms with van der Waals surface area (Å²) < 4.78 is -1.89. The van der Waals surface area contributed by atoms with E-state index in [-0.39, 0.29) is 21.1 Å². The Hall–Kier alpha value is 0.118. The van der Waals surface area contributed by atoms with Gasteiger partial charge in [0.15, 0.2) is 0 Å². The van der Waals surface area contributed by atoms with E-state index in [2.05, 4.69) is 13.8 Å². The average Bonchev–Trinajstić information content (AvgIpc) is 2.09. The van der Waals surface area contributed by atoms with Crippen LogP contribution in [0.1, 0.15) is 5.56 Å². The average molecular weight is 451 g/mol. The van der Waals surface area contributed by atoms with Gasteiger partial charge in [-0.1, -0.05) is 23.7 Å². The second kappa shape index (κ2) is 8.24. The van der Waals surface area contributed by atoms with Gasteiger partial charge in [-0.05, 0) is 0 Å². The Balaban J connectivity index is 0. The summed E-state index contributed by atoms with van der Waals surface area (Å²) in [5.74, 6) is -1.34. The number of carboxylic acids is 1. The summed E-state index contributed by atoms with van der Waals surface area (Å²) in [7, 11) is 0. The molecule has 0 bridgehead atoms. The Bertz CT molecular complexity index is 299.